The number of anilines is 1. The van der Waals surface area contributed by atoms with Gasteiger partial charge in [0.05, 0.1) is 4.92 Å². The van der Waals surface area contributed by atoms with Gasteiger partial charge in [0.2, 0.25) is 0 Å². The van der Waals surface area contributed by atoms with Crippen LogP contribution in [0.25, 0.3) is 0 Å². The van der Waals surface area contributed by atoms with E-state index in [2.05, 4.69) is 16.0 Å². The Bertz CT molecular complexity index is 498. The lowest BCUT2D eigenvalue weighted by Crippen LogP contribution is -2.23. The predicted molar refractivity (Wildman–Crippen MR) is 71.4 cm³/mol. The molecule has 0 bridgehead atoms. The van der Waals surface area contributed by atoms with Crippen LogP contribution in [0.5, 0.6) is 0 Å². The molecule has 1 aliphatic heterocycles. The van der Waals surface area contributed by atoms with Crippen molar-refractivity contribution in [2.24, 2.45) is 0 Å². The summed E-state index contributed by atoms with van der Waals surface area (Å²) in [5.74, 6) is -0.336. The molecule has 1 aliphatic rings. The lowest BCUT2D eigenvalue weighted by molar-refractivity contribution is -0.384. The zero-order valence-electron chi connectivity index (χ0n) is 10.6. The normalized spacial score (nSPS) is 18.1. The van der Waals surface area contributed by atoms with Crippen LogP contribution in [0.15, 0.2) is 18.2 Å². The molecular weight excluding hydrogens is 248 g/mol. The number of amides is 1. The van der Waals surface area contributed by atoms with Gasteiger partial charge < -0.3 is 16.0 Å². The molecule has 19 heavy (non-hydrogen) atoms. The third-order valence-corrected chi connectivity index (χ3v) is 3.10. The van der Waals surface area contributed by atoms with Gasteiger partial charge in [0.25, 0.3) is 11.6 Å². The highest BCUT2D eigenvalue weighted by molar-refractivity contribution is 5.95. The van der Waals surface area contributed by atoms with Crippen LogP contribution in [0.2, 0.25) is 0 Å². The minimum absolute atomic E-state index is 0.0759. The number of hydrogen-bond donors (Lipinski definition) is 3. The van der Waals surface area contributed by atoms with Gasteiger partial charge in [-0.25, -0.2) is 0 Å². The van der Waals surface area contributed by atoms with E-state index >= 15 is 0 Å². The van der Waals surface area contributed by atoms with Gasteiger partial charge in [0.1, 0.15) is 5.69 Å². The number of hydrogen-bond acceptors (Lipinski definition) is 5. The van der Waals surface area contributed by atoms with Crippen molar-refractivity contribution in [3.8, 4) is 0 Å². The number of carbonyl (C=O) groups excluding carboxylic acids is 1. The first-order valence-corrected chi connectivity index (χ1v) is 6.09. The van der Waals surface area contributed by atoms with E-state index in [0.29, 0.717) is 5.69 Å². The van der Waals surface area contributed by atoms with Crippen molar-refractivity contribution in [1.82, 2.24) is 10.6 Å². The van der Waals surface area contributed by atoms with E-state index in [-0.39, 0.29) is 23.2 Å². The van der Waals surface area contributed by atoms with Crippen LogP contribution in [-0.2, 0) is 0 Å². The van der Waals surface area contributed by atoms with E-state index in [1.165, 1.54) is 13.1 Å². The van der Waals surface area contributed by atoms with Crippen LogP contribution in [0.3, 0.4) is 0 Å². The molecule has 7 heteroatoms. The van der Waals surface area contributed by atoms with Gasteiger partial charge >= 0.3 is 0 Å². The molecule has 7 nitrogen and oxygen atoms in total. The maximum absolute atomic E-state index is 11.5. The van der Waals surface area contributed by atoms with Crippen LogP contribution in [0, 0.1) is 10.1 Å². The Hall–Kier alpha value is -2.15. The van der Waals surface area contributed by atoms with Gasteiger partial charge in [0, 0.05) is 31.3 Å². The zero-order chi connectivity index (χ0) is 13.8. The number of rotatable bonds is 4. The Balaban J connectivity index is 2.26. The molecular formula is C12H16N4O3. The first kappa shape index (κ1) is 13.3. The summed E-state index contributed by atoms with van der Waals surface area (Å²) in [6.45, 7) is 1.69. The quantitative estimate of drug-likeness (QED) is 0.550. The molecule has 3 N–H and O–H groups in total. The smallest absolute Gasteiger partial charge is 0.293 e. The largest absolute Gasteiger partial charge is 0.375 e. The lowest BCUT2D eigenvalue weighted by Gasteiger charge is -2.13. The average Bonchev–Trinajstić information content (AvgIpc) is 2.91. The van der Waals surface area contributed by atoms with Gasteiger partial charge in [0.15, 0.2) is 0 Å². The highest BCUT2D eigenvalue weighted by Crippen LogP contribution is 2.27. The molecule has 2 rings (SSSR count). The molecule has 0 aromatic heterocycles. The number of nitrogens with zero attached hydrogens (tertiary/aromatic N) is 1. The third kappa shape index (κ3) is 3.00. The Labute approximate surface area is 110 Å². The molecule has 1 heterocycles. The Kier molecular flexibility index (Phi) is 3.96. The SMILES string of the molecule is CNC(=O)c1ccc(NC2CCNC2)c([N+](=O)[O-])c1. The second-order valence-electron chi connectivity index (χ2n) is 4.40. The first-order chi connectivity index (χ1) is 9.11. The van der Waals surface area contributed by atoms with Crippen LogP contribution in [-0.4, -0.2) is 37.0 Å². The van der Waals surface area contributed by atoms with E-state index in [4.69, 9.17) is 0 Å². The average molecular weight is 264 g/mol. The molecule has 1 amide bonds. The molecule has 0 spiro atoms. The van der Waals surface area contributed by atoms with Crippen LogP contribution < -0.4 is 16.0 Å². The highest BCUT2D eigenvalue weighted by atomic mass is 16.6. The van der Waals surface area contributed by atoms with E-state index in [9.17, 15) is 14.9 Å². The van der Waals surface area contributed by atoms with E-state index < -0.39 is 4.92 Å². The first-order valence-electron chi connectivity index (χ1n) is 6.09. The Morgan fingerprint density at radius 3 is 2.89 bits per heavy atom. The molecule has 102 valence electrons. The van der Waals surface area contributed by atoms with E-state index in [1.807, 2.05) is 0 Å². The van der Waals surface area contributed by atoms with Crippen molar-refractivity contribution in [3.63, 3.8) is 0 Å². The minimum Gasteiger partial charge on any atom is -0.375 e. The summed E-state index contributed by atoms with van der Waals surface area (Å²) in [7, 11) is 1.49. The number of benzene rings is 1. The van der Waals surface area contributed by atoms with Gasteiger partial charge in [-0.2, -0.15) is 0 Å². The van der Waals surface area contributed by atoms with Gasteiger partial charge in [-0.3, -0.25) is 14.9 Å². The number of nitro groups is 1. The van der Waals surface area contributed by atoms with Crippen LogP contribution in [0.1, 0.15) is 16.8 Å². The van der Waals surface area contributed by atoms with Crippen LogP contribution >= 0.6 is 0 Å². The molecule has 1 atom stereocenters. The van der Waals surface area contributed by atoms with Crippen molar-refractivity contribution < 1.29 is 9.72 Å². The summed E-state index contributed by atoms with van der Waals surface area (Å²) < 4.78 is 0. The number of nitrogens with one attached hydrogen (secondary N) is 3. The minimum atomic E-state index is -0.475. The molecule has 0 radical (unpaired) electrons. The van der Waals surface area contributed by atoms with Crippen molar-refractivity contribution in [2.45, 2.75) is 12.5 Å². The monoisotopic (exact) mass is 264 g/mol. The third-order valence-electron chi connectivity index (χ3n) is 3.10. The molecule has 0 saturated carbocycles. The Morgan fingerprint density at radius 2 is 2.32 bits per heavy atom. The molecule has 1 fully saturated rings. The summed E-state index contributed by atoms with van der Waals surface area (Å²) in [5, 5.41) is 19.8. The van der Waals surface area contributed by atoms with Crippen molar-refractivity contribution in [3.05, 3.63) is 33.9 Å². The lowest BCUT2D eigenvalue weighted by atomic mass is 10.1. The zero-order valence-corrected chi connectivity index (χ0v) is 10.6. The summed E-state index contributed by atoms with van der Waals surface area (Å²) in [6, 6.07) is 4.64. The van der Waals surface area contributed by atoms with Crippen molar-refractivity contribution in [1.29, 1.82) is 0 Å². The molecule has 0 aliphatic carbocycles. The fraction of sp³-hybridized carbons (Fsp3) is 0.417. The summed E-state index contributed by atoms with van der Waals surface area (Å²) in [6.07, 6.45) is 0.925. The van der Waals surface area contributed by atoms with Crippen LogP contribution in [0.4, 0.5) is 11.4 Å². The fourth-order valence-corrected chi connectivity index (χ4v) is 2.09. The Morgan fingerprint density at radius 1 is 1.53 bits per heavy atom. The standard InChI is InChI=1S/C12H16N4O3/c1-13-12(17)8-2-3-10(11(6-8)16(18)19)15-9-4-5-14-7-9/h2-3,6,9,14-15H,4-5,7H2,1H3,(H,13,17). The van der Waals surface area contributed by atoms with Crippen molar-refractivity contribution >= 4 is 17.3 Å². The summed E-state index contributed by atoms with van der Waals surface area (Å²) in [4.78, 5) is 22.1. The van der Waals surface area contributed by atoms with E-state index in [0.717, 1.165) is 19.5 Å². The maximum atomic E-state index is 11.5. The van der Waals surface area contributed by atoms with Gasteiger partial charge in [-0.05, 0) is 25.1 Å². The molecule has 1 unspecified atom stereocenters. The molecule has 1 saturated heterocycles. The summed E-state index contributed by atoms with van der Waals surface area (Å²) in [5.41, 5.74) is 0.656. The summed E-state index contributed by atoms with van der Waals surface area (Å²) >= 11 is 0. The predicted octanol–water partition coefficient (Wildman–Crippen LogP) is 0.728. The topological polar surface area (TPSA) is 96.3 Å². The van der Waals surface area contributed by atoms with E-state index in [1.54, 1.807) is 12.1 Å². The fourth-order valence-electron chi connectivity index (χ4n) is 2.09. The number of nitro benzene ring substituents is 1. The number of carbonyl (C=O) groups is 1. The van der Waals surface area contributed by atoms with Gasteiger partial charge in [-0.15, -0.1) is 0 Å². The van der Waals surface area contributed by atoms with Gasteiger partial charge in [-0.1, -0.05) is 0 Å². The second-order valence-corrected chi connectivity index (χ2v) is 4.40. The molecule has 1 aromatic rings. The maximum Gasteiger partial charge on any atom is 0.293 e. The van der Waals surface area contributed by atoms with Crippen molar-refractivity contribution in [2.75, 3.05) is 25.5 Å². The second kappa shape index (κ2) is 5.66. The molecule has 1 aromatic carbocycles. The highest BCUT2D eigenvalue weighted by Gasteiger charge is 2.21.